The van der Waals surface area contributed by atoms with E-state index in [4.69, 9.17) is 4.74 Å². The molecule has 2 fully saturated rings. The number of nitrogens with one attached hydrogen (secondary N) is 1. The SMILES string of the molecule is CCCC1(C)CCCN(C(=NC)NCC2(CCOCC)CC2)C1. The molecular formula is C19H37N3O. The maximum absolute atomic E-state index is 5.54. The van der Waals surface area contributed by atoms with Crippen LogP contribution in [0.2, 0.25) is 0 Å². The summed E-state index contributed by atoms with van der Waals surface area (Å²) in [6, 6.07) is 0. The van der Waals surface area contributed by atoms with Crippen molar-refractivity contribution >= 4 is 5.96 Å². The summed E-state index contributed by atoms with van der Waals surface area (Å²) in [7, 11) is 1.92. The van der Waals surface area contributed by atoms with E-state index in [1.54, 1.807) is 0 Å². The predicted molar refractivity (Wildman–Crippen MR) is 98.0 cm³/mol. The number of guanidine groups is 1. The highest BCUT2D eigenvalue weighted by Crippen LogP contribution is 2.48. The van der Waals surface area contributed by atoms with Crippen molar-refractivity contribution in [2.75, 3.05) is 39.9 Å². The molecule has 1 saturated carbocycles. The Morgan fingerprint density at radius 2 is 2.00 bits per heavy atom. The van der Waals surface area contributed by atoms with Crippen molar-refractivity contribution in [3.8, 4) is 0 Å². The highest BCUT2D eigenvalue weighted by Gasteiger charge is 2.42. The smallest absolute Gasteiger partial charge is 0.193 e. The molecule has 1 unspecified atom stereocenters. The Bertz CT molecular complexity index is 388. The largest absolute Gasteiger partial charge is 0.382 e. The molecule has 0 aromatic heterocycles. The van der Waals surface area contributed by atoms with Gasteiger partial charge in [0.1, 0.15) is 0 Å². The molecule has 1 aliphatic heterocycles. The van der Waals surface area contributed by atoms with Crippen LogP contribution < -0.4 is 5.32 Å². The van der Waals surface area contributed by atoms with Crippen LogP contribution in [-0.2, 0) is 4.74 Å². The number of likely N-dealkylation sites (tertiary alicyclic amines) is 1. The van der Waals surface area contributed by atoms with Gasteiger partial charge in [-0.05, 0) is 56.3 Å². The third-order valence-corrected chi connectivity index (χ3v) is 5.71. The van der Waals surface area contributed by atoms with Crippen molar-refractivity contribution in [1.82, 2.24) is 10.2 Å². The van der Waals surface area contributed by atoms with Crippen LogP contribution in [0, 0.1) is 10.8 Å². The van der Waals surface area contributed by atoms with Gasteiger partial charge in [-0.3, -0.25) is 4.99 Å². The van der Waals surface area contributed by atoms with Gasteiger partial charge in [-0.25, -0.2) is 0 Å². The molecule has 4 heteroatoms. The molecule has 4 nitrogen and oxygen atoms in total. The van der Waals surface area contributed by atoms with Crippen LogP contribution in [0.15, 0.2) is 4.99 Å². The lowest BCUT2D eigenvalue weighted by Gasteiger charge is -2.42. The number of piperidine rings is 1. The van der Waals surface area contributed by atoms with E-state index in [0.29, 0.717) is 10.8 Å². The molecule has 0 aromatic rings. The van der Waals surface area contributed by atoms with Gasteiger partial charge in [0.2, 0.25) is 0 Å². The van der Waals surface area contributed by atoms with Gasteiger partial charge in [-0.2, -0.15) is 0 Å². The average Bonchev–Trinajstić information content (AvgIpc) is 3.28. The van der Waals surface area contributed by atoms with E-state index in [-0.39, 0.29) is 0 Å². The molecule has 1 N–H and O–H groups in total. The first-order valence-corrected chi connectivity index (χ1v) is 9.60. The van der Waals surface area contributed by atoms with E-state index in [1.807, 2.05) is 7.05 Å². The van der Waals surface area contributed by atoms with Gasteiger partial charge in [-0.15, -0.1) is 0 Å². The molecule has 0 aromatic carbocycles. The summed E-state index contributed by atoms with van der Waals surface area (Å²) in [5, 5.41) is 3.67. The molecule has 2 aliphatic rings. The molecule has 0 bridgehead atoms. The number of ether oxygens (including phenoxy) is 1. The van der Waals surface area contributed by atoms with Gasteiger partial charge in [0.15, 0.2) is 5.96 Å². The van der Waals surface area contributed by atoms with Crippen molar-refractivity contribution in [2.24, 2.45) is 15.8 Å². The lowest BCUT2D eigenvalue weighted by Crippen LogP contribution is -2.50. The maximum atomic E-state index is 5.54. The first-order chi connectivity index (χ1) is 11.1. The Kier molecular flexibility index (Phi) is 6.75. The van der Waals surface area contributed by atoms with E-state index in [2.05, 4.69) is 36.0 Å². The Morgan fingerprint density at radius 1 is 1.22 bits per heavy atom. The Balaban J connectivity index is 1.83. The minimum absolute atomic E-state index is 0.455. The van der Waals surface area contributed by atoms with Crippen LogP contribution in [0.4, 0.5) is 0 Å². The number of rotatable bonds is 8. The number of nitrogens with zero attached hydrogens (tertiary/aromatic N) is 2. The van der Waals surface area contributed by atoms with Crippen molar-refractivity contribution in [3.63, 3.8) is 0 Å². The van der Waals surface area contributed by atoms with Crippen LogP contribution in [0.25, 0.3) is 0 Å². The maximum Gasteiger partial charge on any atom is 0.193 e. The summed E-state index contributed by atoms with van der Waals surface area (Å²) in [6.07, 6.45) is 9.07. The zero-order valence-corrected chi connectivity index (χ0v) is 15.8. The van der Waals surface area contributed by atoms with Gasteiger partial charge in [0, 0.05) is 39.9 Å². The molecule has 0 spiro atoms. The van der Waals surface area contributed by atoms with Crippen LogP contribution in [0.5, 0.6) is 0 Å². The van der Waals surface area contributed by atoms with Gasteiger partial charge < -0.3 is 15.0 Å². The summed E-state index contributed by atoms with van der Waals surface area (Å²) in [4.78, 5) is 7.05. The third-order valence-electron chi connectivity index (χ3n) is 5.71. The minimum Gasteiger partial charge on any atom is -0.382 e. The Hall–Kier alpha value is -0.770. The molecular weight excluding hydrogens is 286 g/mol. The van der Waals surface area contributed by atoms with E-state index < -0.39 is 0 Å². The second kappa shape index (κ2) is 8.36. The molecule has 0 radical (unpaired) electrons. The number of hydrogen-bond acceptors (Lipinski definition) is 2. The van der Waals surface area contributed by atoms with E-state index >= 15 is 0 Å². The van der Waals surface area contributed by atoms with Crippen LogP contribution in [0.1, 0.15) is 65.7 Å². The average molecular weight is 324 g/mol. The van der Waals surface area contributed by atoms with Gasteiger partial charge in [-0.1, -0.05) is 20.3 Å². The molecule has 2 rings (SSSR count). The molecule has 1 saturated heterocycles. The standard InChI is InChI=1S/C19H37N3O/c1-5-8-18(3)9-7-13-22(16-18)17(20-4)21-15-19(10-11-19)12-14-23-6-2/h5-16H2,1-4H3,(H,20,21). The normalized spacial score (nSPS) is 27.1. The molecule has 1 aliphatic carbocycles. The fourth-order valence-electron chi connectivity index (χ4n) is 4.03. The first-order valence-electron chi connectivity index (χ1n) is 9.60. The topological polar surface area (TPSA) is 36.9 Å². The number of aliphatic imine (C=N–C) groups is 1. The van der Waals surface area contributed by atoms with Crippen LogP contribution in [-0.4, -0.2) is 50.8 Å². The van der Waals surface area contributed by atoms with E-state index in [0.717, 1.165) is 38.8 Å². The second-order valence-electron chi connectivity index (χ2n) is 7.93. The minimum atomic E-state index is 0.455. The summed E-state index contributed by atoms with van der Waals surface area (Å²) in [5.41, 5.74) is 0.921. The zero-order chi connectivity index (χ0) is 16.8. The highest BCUT2D eigenvalue weighted by atomic mass is 16.5. The predicted octanol–water partition coefficient (Wildman–Crippen LogP) is 3.67. The molecule has 1 atom stereocenters. The fourth-order valence-corrected chi connectivity index (χ4v) is 4.03. The lowest BCUT2D eigenvalue weighted by molar-refractivity contribution is 0.127. The summed E-state index contributed by atoms with van der Waals surface area (Å²) < 4.78 is 5.54. The van der Waals surface area contributed by atoms with Crippen molar-refractivity contribution < 1.29 is 4.74 Å². The van der Waals surface area contributed by atoms with Crippen molar-refractivity contribution in [1.29, 1.82) is 0 Å². The molecule has 134 valence electrons. The first kappa shape index (κ1) is 18.6. The quantitative estimate of drug-likeness (QED) is 0.421. The van der Waals surface area contributed by atoms with Crippen LogP contribution in [0.3, 0.4) is 0 Å². The Labute approximate surface area is 143 Å². The fraction of sp³-hybridized carbons (Fsp3) is 0.947. The molecule has 1 heterocycles. The summed E-state index contributed by atoms with van der Waals surface area (Å²) in [6.45, 7) is 11.9. The molecule has 0 amide bonds. The third kappa shape index (κ3) is 5.37. The molecule has 23 heavy (non-hydrogen) atoms. The summed E-state index contributed by atoms with van der Waals surface area (Å²) in [5.74, 6) is 1.11. The van der Waals surface area contributed by atoms with Gasteiger partial charge in [0.25, 0.3) is 0 Å². The monoisotopic (exact) mass is 323 g/mol. The van der Waals surface area contributed by atoms with Gasteiger partial charge in [0.05, 0.1) is 0 Å². The zero-order valence-electron chi connectivity index (χ0n) is 15.8. The van der Waals surface area contributed by atoms with Crippen LogP contribution >= 0.6 is 0 Å². The van der Waals surface area contributed by atoms with Gasteiger partial charge >= 0.3 is 0 Å². The summed E-state index contributed by atoms with van der Waals surface area (Å²) >= 11 is 0. The highest BCUT2D eigenvalue weighted by molar-refractivity contribution is 5.80. The lowest BCUT2D eigenvalue weighted by atomic mass is 9.78. The second-order valence-corrected chi connectivity index (χ2v) is 7.93. The van der Waals surface area contributed by atoms with Crippen molar-refractivity contribution in [3.05, 3.63) is 0 Å². The number of hydrogen-bond donors (Lipinski definition) is 1. The van der Waals surface area contributed by atoms with E-state index in [1.165, 1.54) is 44.9 Å². The Morgan fingerprint density at radius 3 is 2.61 bits per heavy atom. The van der Waals surface area contributed by atoms with Crippen molar-refractivity contribution in [2.45, 2.75) is 65.7 Å². The van der Waals surface area contributed by atoms with E-state index in [9.17, 15) is 0 Å².